The standard InChI is InChI=1S/C28H24F2N6O3S/c1-14-25(15(2)39-34-14)16-7-10-22-20(11-16)32-26(36(22)28-33-21(13-40-28)27(38)31-3)23-5-4-6-24(37)35(23)17-8-9-18(29)19(30)12-17/h7-13,23H,4-6H2,1-3H3,(H,31,38). The van der Waals surface area contributed by atoms with Crippen LogP contribution in [0.25, 0.3) is 27.3 Å². The molecule has 4 heterocycles. The van der Waals surface area contributed by atoms with Gasteiger partial charge in [0.1, 0.15) is 17.3 Å². The Morgan fingerprint density at radius 2 is 1.95 bits per heavy atom. The van der Waals surface area contributed by atoms with Crippen molar-refractivity contribution in [3.05, 3.63) is 76.4 Å². The van der Waals surface area contributed by atoms with Crippen LogP contribution in [0.15, 0.2) is 46.3 Å². The van der Waals surface area contributed by atoms with Gasteiger partial charge in [-0.3, -0.25) is 14.2 Å². The molecular formula is C28H24F2N6O3S. The molecule has 6 rings (SSSR count). The fraction of sp³-hybridized carbons (Fsp3) is 0.250. The fourth-order valence-electron chi connectivity index (χ4n) is 5.25. The Balaban J connectivity index is 1.56. The van der Waals surface area contributed by atoms with Gasteiger partial charge in [0.25, 0.3) is 5.91 Å². The molecule has 0 bridgehead atoms. The van der Waals surface area contributed by atoms with E-state index in [1.807, 2.05) is 36.6 Å². The summed E-state index contributed by atoms with van der Waals surface area (Å²) in [5.41, 5.74) is 4.31. The molecule has 9 nitrogen and oxygen atoms in total. The fourth-order valence-corrected chi connectivity index (χ4v) is 6.07. The van der Waals surface area contributed by atoms with Gasteiger partial charge in [0, 0.05) is 36.2 Å². The van der Waals surface area contributed by atoms with Gasteiger partial charge in [-0.25, -0.2) is 18.7 Å². The van der Waals surface area contributed by atoms with E-state index in [-0.39, 0.29) is 29.6 Å². The third-order valence-electron chi connectivity index (χ3n) is 7.07. The van der Waals surface area contributed by atoms with Crippen LogP contribution in [-0.2, 0) is 4.79 Å². The lowest BCUT2D eigenvalue weighted by atomic mass is 9.99. The van der Waals surface area contributed by atoms with Crippen LogP contribution in [-0.4, -0.2) is 38.6 Å². The molecule has 1 saturated heterocycles. The maximum Gasteiger partial charge on any atom is 0.270 e. The van der Waals surface area contributed by atoms with Gasteiger partial charge in [0.2, 0.25) is 5.91 Å². The quantitative estimate of drug-likeness (QED) is 0.297. The minimum absolute atomic E-state index is 0.220. The average Bonchev–Trinajstić information content (AvgIpc) is 3.66. The molecular weight excluding hydrogens is 538 g/mol. The molecule has 1 aliphatic rings. The second-order valence-corrected chi connectivity index (χ2v) is 10.4. The van der Waals surface area contributed by atoms with E-state index >= 15 is 0 Å². The number of carbonyl (C=O) groups excluding carboxylic acids is 2. The molecule has 1 unspecified atom stereocenters. The molecule has 1 atom stereocenters. The largest absolute Gasteiger partial charge is 0.361 e. The summed E-state index contributed by atoms with van der Waals surface area (Å²) in [5.74, 6) is -1.40. The summed E-state index contributed by atoms with van der Waals surface area (Å²) in [5, 5.41) is 8.78. The van der Waals surface area contributed by atoms with Crippen molar-refractivity contribution in [3.8, 4) is 16.3 Å². The molecule has 2 aromatic carbocycles. The zero-order valence-corrected chi connectivity index (χ0v) is 22.7. The molecule has 12 heteroatoms. The van der Waals surface area contributed by atoms with Crippen molar-refractivity contribution >= 4 is 39.9 Å². The van der Waals surface area contributed by atoms with Crippen molar-refractivity contribution in [2.45, 2.75) is 39.2 Å². The predicted molar refractivity (Wildman–Crippen MR) is 146 cm³/mol. The molecule has 0 spiro atoms. The highest BCUT2D eigenvalue weighted by atomic mass is 32.1. The highest BCUT2D eigenvalue weighted by molar-refractivity contribution is 7.12. The molecule has 1 aliphatic heterocycles. The third kappa shape index (κ3) is 4.24. The van der Waals surface area contributed by atoms with Gasteiger partial charge in [-0.2, -0.15) is 0 Å². The lowest BCUT2D eigenvalue weighted by Crippen LogP contribution is -2.39. The minimum atomic E-state index is -1.04. The molecule has 1 fully saturated rings. The summed E-state index contributed by atoms with van der Waals surface area (Å²) in [4.78, 5) is 36.6. The van der Waals surface area contributed by atoms with Crippen molar-refractivity contribution in [2.24, 2.45) is 0 Å². The van der Waals surface area contributed by atoms with E-state index in [9.17, 15) is 18.4 Å². The van der Waals surface area contributed by atoms with Gasteiger partial charge in [0.05, 0.1) is 22.8 Å². The van der Waals surface area contributed by atoms with E-state index < -0.39 is 17.7 Å². The number of benzene rings is 2. The van der Waals surface area contributed by atoms with Gasteiger partial charge in [-0.05, 0) is 56.5 Å². The van der Waals surface area contributed by atoms with Crippen LogP contribution >= 0.6 is 11.3 Å². The van der Waals surface area contributed by atoms with Crippen molar-refractivity contribution in [2.75, 3.05) is 11.9 Å². The Morgan fingerprint density at radius 1 is 1.12 bits per heavy atom. The zero-order valence-electron chi connectivity index (χ0n) is 21.9. The molecule has 0 aliphatic carbocycles. The topological polar surface area (TPSA) is 106 Å². The van der Waals surface area contributed by atoms with Crippen molar-refractivity contribution in [1.29, 1.82) is 0 Å². The summed E-state index contributed by atoms with van der Waals surface area (Å²) >= 11 is 1.27. The Hall–Kier alpha value is -4.45. The maximum atomic E-state index is 14.3. The molecule has 0 radical (unpaired) electrons. The van der Waals surface area contributed by atoms with Gasteiger partial charge >= 0.3 is 0 Å². The molecule has 1 N–H and O–H groups in total. The highest BCUT2D eigenvalue weighted by Gasteiger charge is 2.35. The number of hydrogen-bond donors (Lipinski definition) is 1. The van der Waals surface area contributed by atoms with Crippen LogP contribution < -0.4 is 10.2 Å². The minimum Gasteiger partial charge on any atom is -0.361 e. The number of imidazole rings is 1. The first kappa shape index (κ1) is 25.8. The Labute approximate surface area is 231 Å². The second-order valence-electron chi connectivity index (χ2n) is 9.57. The van der Waals surface area contributed by atoms with E-state index in [1.54, 1.807) is 5.38 Å². The van der Waals surface area contributed by atoms with Gasteiger partial charge < -0.3 is 14.7 Å². The number of carbonyl (C=O) groups is 2. The van der Waals surface area contributed by atoms with E-state index in [1.165, 1.54) is 29.4 Å². The van der Waals surface area contributed by atoms with E-state index in [0.717, 1.165) is 29.0 Å². The smallest absolute Gasteiger partial charge is 0.270 e. The number of rotatable bonds is 5. The summed E-state index contributed by atoms with van der Waals surface area (Å²) in [6.45, 7) is 3.70. The van der Waals surface area contributed by atoms with Crippen molar-refractivity contribution in [3.63, 3.8) is 0 Å². The van der Waals surface area contributed by atoms with Crippen LogP contribution in [0.4, 0.5) is 14.5 Å². The van der Waals surface area contributed by atoms with E-state index in [0.29, 0.717) is 40.6 Å². The van der Waals surface area contributed by atoms with Crippen molar-refractivity contribution in [1.82, 2.24) is 25.0 Å². The summed E-state index contributed by atoms with van der Waals surface area (Å²) in [7, 11) is 1.53. The first-order chi connectivity index (χ1) is 19.3. The lowest BCUT2D eigenvalue weighted by Gasteiger charge is -2.35. The number of nitrogens with zero attached hydrogens (tertiary/aromatic N) is 5. The summed E-state index contributed by atoms with van der Waals surface area (Å²) in [6, 6.07) is 8.60. The number of anilines is 1. The number of aromatic nitrogens is 4. The first-order valence-electron chi connectivity index (χ1n) is 12.7. The second kappa shape index (κ2) is 9.94. The average molecular weight is 563 g/mol. The first-order valence-corrected chi connectivity index (χ1v) is 13.6. The number of hydrogen-bond acceptors (Lipinski definition) is 7. The number of fused-ring (bicyclic) bond motifs is 1. The molecule has 40 heavy (non-hydrogen) atoms. The zero-order chi connectivity index (χ0) is 28.1. The normalized spacial score (nSPS) is 15.7. The lowest BCUT2D eigenvalue weighted by molar-refractivity contribution is -0.120. The van der Waals surface area contributed by atoms with Gasteiger partial charge in [-0.1, -0.05) is 11.2 Å². The van der Waals surface area contributed by atoms with Crippen molar-refractivity contribution < 1.29 is 22.9 Å². The SMILES string of the molecule is CNC(=O)c1csc(-n2c(C3CCCC(=O)N3c3ccc(F)c(F)c3)nc3cc(-c4c(C)noc4C)ccc32)n1. The number of aryl methyl sites for hydroxylation is 2. The summed E-state index contributed by atoms with van der Waals surface area (Å²) in [6.07, 6.45) is 1.40. The van der Waals surface area contributed by atoms with Crippen LogP contribution in [0.2, 0.25) is 0 Å². The Kier molecular flexibility index (Phi) is 6.41. The number of halogens is 2. The molecule has 0 saturated carbocycles. The molecule has 5 aromatic rings. The number of amides is 2. The van der Waals surface area contributed by atoms with Crippen LogP contribution in [0.3, 0.4) is 0 Å². The van der Waals surface area contributed by atoms with Gasteiger partial charge in [0.15, 0.2) is 16.8 Å². The maximum absolute atomic E-state index is 14.3. The number of piperidine rings is 1. The molecule has 2 amide bonds. The van der Waals surface area contributed by atoms with Crippen LogP contribution in [0, 0.1) is 25.5 Å². The predicted octanol–water partition coefficient (Wildman–Crippen LogP) is 5.65. The number of thiazole rings is 1. The van der Waals surface area contributed by atoms with Gasteiger partial charge in [-0.15, -0.1) is 11.3 Å². The molecule has 3 aromatic heterocycles. The summed E-state index contributed by atoms with van der Waals surface area (Å²) < 4.78 is 35.2. The highest BCUT2D eigenvalue weighted by Crippen LogP contribution is 2.40. The van der Waals surface area contributed by atoms with Crippen LogP contribution in [0.5, 0.6) is 0 Å². The molecule has 204 valence electrons. The van der Waals surface area contributed by atoms with Crippen LogP contribution in [0.1, 0.15) is 53.1 Å². The van der Waals surface area contributed by atoms with E-state index in [4.69, 9.17) is 9.51 Å². The third-order valence-corrected chi connectivity index (χ3v) is 7.90. The Morgan fingerprint density at radius 3 is 2.67 bits per heavy atom. The number of nitrogens with one attached hydrogen (secondary N) is 1. The Bertz CT molecular complexity index is 1770. The van der Waals surface area contributed by atoms with E-state index in [2.05, 4.69) is 15.5 Å². The monoisotopic (exact) mass is 562 g/mol.